The number of para-hydroxylation sites is 1. The van der Waals surface area contributed by atoms with Crippen LogP contribution in [0.25, 0.3) is 17.4 Å². The Kier molecular flexibility index (Phi) is 8.31. The average molecular weight is 603 g/mol. The number of allylic oxidation sites excluding steroid dienone is 1. The molecule has 0 saturated carbocycles. The van der Waals surface area contributed by atoms with E-state index >= 15 is 0 Å². The molecule has 2 aromatic carbocycles. The molecule has 4 aromatic rings. The van der Waals surface area contributed by atoms with Gasteiger partial charge in [-0.3, -0.25) is 24.3 Å². The van der Waals surface area contributed by atoms with Crippen molar-refractivity contribution in [2.45, 2.75) is 26.8 Å². The molecule has 5 rings (SSSR count). The number of methoxy groups -OCH3 is 2. The van der Waals surface area contributed by atoms with Crippen molar-refractivity contribution in [2.24, 2.45) is 4.99 Å². The highest BCUT2D eigenvalue weighted by molar-refractivity contribution is 7.07. The van der Waals surface area contributed by atoms with Gasteiger partial charge in [0.1, 0.15) is 29.1 Å². The summed E-state index contributed by atoms with van der Waals surface area (Å²) in [7, 11) is 3.02. The Balaban J connectivity index is 1.66. The monoisotopic (exact) mass is 602 g/mol. The minimum Gasteiger partial charge on any atom is -0.496 e. The second-order valence-corrected chi connectivity index (χ2v) is 10.7. The van der Waals surface area contributed by atoms with Gasteiger partial charge in [0.25, 0.3) is 17.2 Å². The van der Waals surface area contributed by atoms with E-state index in [4.69, 9.17) is 18.9 Å². The normalized spacial score (nSPS) is 14.7. The Hall–Kier alpha value is -4.97. The number of benzene rings is 2. The molecular weight excluding hydrogens is 572 g/mol. The Bertz CT molecular complexity index is 1930. The molecule has 222 valence electrons. The number of non-ortho nitro benzene ring substituents is 1. The number of carbonyl (C=O) groups excluding carboxylic acids is 1. The van der Waals surface area contributed by atoms with E-state index in [1.165, 1.54) is 41.2 Å². The molecular formula is C31H30N4O7S. The molecule has 3 heterocycles. The average Bonchev–Trinajstić information content (AvgIpc) is 3.60. The van der Waals surface area contributed by atoms with Crippen molar-refractivity contribution in [3.63, 3.8) is 0 Å². The highest BCUT2D eigenvalue weighted by atomic mass is 32.1. The summed E-state index contributed by atoms with van der Waals surface area (Å²) in [5, 5.41) is 11.3. The standard InChI is InChI=1S/C31H30N4O7S/c1-6-33(7-2)30(37)27-18(3)32-31-34(28(27)21-10-8-9-11-23(21)40-4)29(36)26(43-31)17-20-13-15-25(42-20)22-16-19(35(38)39)12-14-24(22)41-5/h8-17,28H,6-7H2,1-5H3/b26-17+/t28-/m1/s1. The molecule has 0 aliphatic carbocycles. The van der Waals surface area contributed by atoms with E-state index < -0.39 is 11.0 Å². The fourth-order valence-electron chi connectivity index (χ4n) is 5.17. The summed E-state index contributed by atoms with van der Waals surface area (Å²) >= 11 is 1.18. The van der Waals surface area contributed by atoms with E-state index in [0.29, 0.717) is 67.8 Å². The highest BCUT2D eigenvalue weighted by Crippen LogP contribution is 2.37. The number of thiazole rings is 1. The van der Waals surface area contributed by atoms with Gasteiger partial charge in [-0.15, -0.1) is 0 Å². The molecule has 11 nitrogen and oxygen atoms in total. The molecule has 0 bridgehead atoms. The summed E-state index contributed by atoms with van der Waals surface area (Å²) in [6.07, 6.45) is 1.60. The van der Waals surface area contributed by atoms with Gasteiger partial charge in [0.2, 0.25) is 0 Å². The Morgan fingerprint density at radius 3 is 2.51 bits per heavy atom. The van der Waals surface area contributed by atoms with Gasteiger partial charge >= 0.3 is 0 Å². The number of nitrogens with zero attached hydrogens (tertiary/aromatic N) is 4. The second-order valence-electron chi connectivity index (χ2n) is 9.64. The predicted octanol–water partition coefficient (Wildman–Crippen LogP) is 4.29. The summed E-state index contributed by atoms with van der Waals surface area (Å²) in [5.41, 5.74) is 1.56. The van der Waals surface area contributed by atoms with Crippen molar-refractivity contribution < 1.29 is 23.6 Å². The number of ether oxygens (including phenoxy) is 2. The van der Waals surface area contributed by atoms with Crippen molar-refractivity contribution in [3.05, 3.63) is 107 Å². The molecule has 0 fully saturated rings. The van der Waals surface area contributed by atoms with Crippen LogP contribution in [0.4, 0.5) is 5.69 Å². The first kappa shape index (κ1) is 29.5. The van der Waals surface area contributed by atoms with Crippen LogP contribution in [0.2, 0.25) is 0 Å². The lowest BCUT2D eigenvalue weighted by molar-refractivity contribution is -0.384. The van der Waals surface area contributed by atoms with E-state index in [-0.39, 0.29) is 17.2 Å². The molecule has 1 aliphatic rings. The lowest BCUT2D eigenvalue weighted by atomic mass is 9.94. The van der Waals surface area contributed by atoms with Crippen LogP contribution in [0.1, 0.15) is 38.1 Å². The Labute approximate surface area is 250 Å². The fraction of sp³-hybridized carbons (Fsp3) is 0.258. The number of rotatable bonds is 9. The first-order chi connectivity index (χ1) is 20.7. The fourth-order valence-corrected chi connectivity index (χ4v) is 6.20. The molecule has 1 aliphatic heterocycles. The number of aromatic nitrogens is 1. The third-order valence-corrected chi connectivity index (χ3v) is 8.28. The number of carbonyl (C=O) groups is 1. The minimum absolute atomic E-state index is 0.108. The molecule has 0 saturated heterocycles. The summed E-state index contributed by atoms with van der Waals surface area (Å²) < 4.78 is 18.9. The van der Waals surface area contributed by atoms with Crippen molar-refractivity contribution in [1.29, 1.82) is 0 Å². The van der Waals surface area contributed by atoms with Gasteiger partial charge in [-0.1, -0.05) is 29.5 Å². The van der Waals surface area contributed by atoms with Crippen molar-refractivity contribution in [3.8, 4) is 22.8 Å². The second kappa shape index (κ2) is 12.1. The van der Waals surface area contributed by atoms with Crippen LogP contribution in [0.5, 0.6) is 11.5 Å². The van der Waals surface area contributed by atoms with Gasteiger partial charge in [-0.25, -0.2) is 4.99 Å². The van der Waals surface area contributed by atoms with Crippen LogP contribution >= 0.6 is 11.3 Å². The molecule has 0 N–H and O–H groups in total. The summed E-state index contributed by atoms with van der Waals surface area (Å²) in [4.78, 5) is 45.5. The van der Waals surface area contributed by atoms with Gasteiger partial charge in [-0.05, 0) is 45.0 Å². The van der Waals surface area contributed by atoms with Crippen molar-refractivity contribution in [2.75, 3.05) is 27.3 Å². The number of nitro groups is 1. The molecule has 2 aromatic heterocycles. The number of nitro benzene ring substituents is 1. The summed E-state index contributed by atoms with van der Waals surface area (Å²) in [5.74, 6) is 1.46. The van der Waals surface area contributed by atoms with Crippen LogP contribution in [-0.2, 0) is 4.79 Å². The molecule has 0 spiro atoms. The smallest absolute Gasteiger partial charge is 0.271 e. The van der Waals surface area contributed by atoms with Gasteiger partial charge in [0.05, 0.1) is 40.5 Å². The largest absolute Gasteiger partial charge is 0.496 e. The molecule has 43 heavy (non-hydrogen) atoms. The van der Waals surface area contributed by atoms with Gasteiger partial charge in [0.15, 0.2) is 4.80 Å². The predicted molar refractivity (Wildman–Crippen MR) is 162 cm³/mol. The Morgan fingerprint density at radius 1 is 1.12 bits per heavy atom. The first-order valence-electron chi connectivity index (χ1n) is 13.6. The van der Waals surface area contributed by atoms with E-state index in [2.05, 4.69) is 0 Å². The molecule has 1 atom stereocenters. The highest BCUT2D eigenvalue weighted by Gasteiger charge is 2.35. The van der Waals surface area contributed by atoms with Gasteiger partial charge in [0, 0.05) is 36.9 Å². The summed E-state index contributed by atoms with van der Waals surface area (Å²) in [6, 6.07) is 14.1. The third kappa shape index (κ3) is 5.37. The maximum absolute atomic E-state index is 14.0. The van der Waals surface area contributed by atoms with E-state index in [1.807, 2.05) is 32.0 Å². The van der Waals surface area contributed by atoms with E-state index in [0.717, 1.165) is 0 Å². The van der Waals surface area contributed by atoms with Gasteiger partial charge < -0.3 is 18.8 Å². The molecule has 0 radical (unpaired) electrons. The molecule has 1 amide bonds. The molecule has 12 heteroatoms. The number of hydrogen-bond acceptors (Lipinski definition) is 9. The molecule has 0 unspecified atom stereocenters. The van der Waals surface area contributed by atoms with Crippen LogP contribution in [-0.4, -0.2) is 47.6 Å². The number of likely N-dealkylation sites (N-methyl/N-ethyl adjacent to an activating group) is 1. The first-order valence-corrected chi connectivity index (χ1v) is 14.4. The maximum atomic E-state index is 14.0. The number of fused-ring (bicyclic) bond motifs is 1. The van der Waals surface area contributed by atoms with E-state index in [9.17, 15) is 19.7 Å². The number of furan rings is 1. The Morgan fingerprint density at radius 2 is 1.84 bits per heavy atom. The zero-order valence-electron chi connectivity index (χ0n) is 24.3. The van der Waals surface area contributed by atoms with Crippen molar-refractivity contribution in [1.82, 2.24) is 9.47 Å². The van der Waals surface area contributed by atoms with E-state index in [1.54, 1.807) is 43.2 Å². The maximum Gasteiger partial charge on any atom is 0.271 e. The van der Waals surface area contributed by atoms with Gasteiger partial charge in [-0.2, -0.15) is 0 Å². The minimum atomic E-state index is -0.760. The zero-order valence-corrected chi connectivity index (χ0v) is 25.1. The van der Waals surface area contributed by atoms with Crippen LogP contribution in [0.3, 0.4) is 0 Å². The van der Waals surface area contributed by atoms with Crippen LogP contribution in [0, 0.1) is 10.1 Å². The number of hydrogen-bond donors (Lipinski definition) is 0. The quantitative estimate of drug-likeness (QED) is 0.206. The third-order valence-electron chi connectivity index (χ3n) is 7.30. The lowest BCUT2D eigenvalue weighted by Crippen LogP contribution is -2.43. The zero-order chi connectivity index (χ0) is 30.8. The van der Waals surface area contributed by atoms with Crippen molar-refractivity contribution >= 4 is 29.0 Å². The van der Waals surface area contributed by atoms with Crippen LogP contribution < -0.4 is 24.4 Å². The lowest BCUT2D eigenvalue weighted by Gasteiger charge is -2.29. The number of amides is 1. The topological polar surface area (TPSA) is 129 Å². The SMILES string of the molecule is CCN(CC)C(=O)C1=C(C)N=c2s/c(=C/c3ccc(-c4cc([N+](=O)[O-])ccc4OC)o3)c(=O)n2[C@@H]1c1ccccc1OC. The van der Waals surface area contributed by atoms with Crippen LogP contribution in [0.15, 0.2) is 80.1 Å². The summed E-state index contributed by atoms with van der Waals surface area (Å²) in [6.45, 7) is 6.61.